The van der Waals surface area contributed by atoms with Crippen LogP contribution in [0.1, 0.15) is 78.6 Å². The number of methoxy groups -OCH3 is 2. The molecule has 13 heteroatoms. The average molecular weight is 688 g/mol. The number of pyridine rings is 1. The molecule has 3 fully saturated rings. The molecule has 3 heterocycles. The summed E-state index contributed by atoms with van der Waals surface area (Å²) in [5, 5.41) is 0. The third-order valence-corrected chi connectivity index (χ3v) is 9.93. The lowest BCUT2D eigenvalue weighted by Gasteiger charge is -2.34. The molecule has 0 spiro atoms. The fraction of sp³-hybridized carbons (Fsp3) is 0.472. The number of hydrogen-bond acceptors (Lipinski definition) is 7. The SMILES string of the molecule is COC(=O)C1CC(c2ccc(OC)c(-c3c(C)cc(N4CCC4)nc3CN3C(=O)O[C@H](c4cc(C(C)(F)F)cc(C(F)(F)F)c4)[C@@H]3C)c2)C1. The van der Waals surface area contributed by atoms with Crippen molar-refractivity contribution in [2.45, 2.75) is 76.7 Å². The highest BCUT2D eigenvalue weighted by Crippen LogP contribution is 2.46. The van der Waals surface area contributed by atoms with Crippen LogP contribution in [0, 0.1) is 12.8 Å². The highest BCUT2D eigenvalue weighted by atomic mass is 19.4. The zero-order valence-electron chi connectivity index (χ0n) is 27.9. The van der Waals surface area contributed by atoms with Gasteiger partial charge in [0.25, 0.3) is 5.92 Å². The second-order valence-corrected chi connectivity index (χ2v) is 13.2. The maximum atomic E-state index is 14.3. The number of alkyl halides is 5. The van der Waals surface area contributed by atoms with Gasteiger partial charge < -0.3 is 19.1 Å². The van der Waals surface area contributed by atoms with E-state index in [1.165, 1.54) is 12.0 Å². The first-order valence-corrected chi connectivity index (χ1v) is 16.2. The van der Waals surface area contributed by atoms with Gasteiger partial charge >= 0.3 is 18.2 Å². The Morgan fingerprint density at radius 1 is 1.00 bits per heavy atom. The summed E-state index contributed by atoms with van der Waals surface area (Å²) < 4.78 is 86.2. The van der Waals surface area contributed by atoms with E-state index >= 15 is 0 Å². The summed E-state index contributed by atoms with van der Waals surface area (Å²) in [5.41, 5.74) is 1.62. The molecule has 0 bridgehead atoms. The number of benzene rings is 2. The van der Waals surface area contributed by atoms with Gasteiger partial charge in [-0.1, -0.05) is 6.07 Å². The largest absolute Gasteiger partial charge is 0.496 e. The fourth-order valence-electron chi connectivity index (χ4n) is 6.89. The molecular weight excluding hydrogens is 649 g/mol. The Morgan fingerprint density at radius 3 is 2.29 bits per heavy atom. The smallest absolute Gasteiger partial charge is 0.416 e. The maximum absolute atomic E-state index is 14.3. The Bertz CT molecular complexity index is 1730. The Hall–Kier alpha value is -4.42. The summed E-state index contributed by atoms with van der Waals surface area (Å²) in [4.78, 5) is 33.9. The van der Waals surface area contributed by atoms with E-state index in [0.717, 1.165) is 59.7 Å². The number of amides is 1. The van der Waals surface area contributed by atoms with Crippen LogP contribution in [0.2, 0.25) is 0 Å². The monoisotopic (exact) mass is 687 g/mol. The third-order valence-electron chi connectivity index (χ3n) is 9.93. The molecule has 1 amide bonds. The number of hydrogen-bond donors (Lipinski definition) is 0. The lowest BCUT2D eigenvalue weighted by molar-refractivity contribution is -0.148. The van der Waals surface area contributed by atoms with Crippen molar-refractivity contribution in [3.05, 3.63) is 76.0 Å². The number of aryl methyl sites for hydroxylation is 1. The van der Waals surface area contributed by atoms with Crippen LogP contribution in [-0.4, -0.2) is 55.3 Å². The first-order valence-electron chi connectivity index (χ1n) is 16.2. The summed E-state index contributed by atoms with van der Waals surface area (Å²) in [6, 6.07) is 9.13. The molecule has 1 aromatic heterocycles. The quantitative estimate of drug-likeness (QED) is 0.166. The molecule has 2 aromatic carbocycles. The predicted octanol–water partition coefficient (Wildman–Crippen LogP) is 8.15. The van der Waals surface area contributed by atoms with Crippen LogP contribution in [0.5, 0.6) is 5.75 Å². The van der Waals surface area contributed by atoms with Gasteiger partial charge in [0.2, 0.25) is 0 Å². The molecule has 3 aliphatic rings. The second-order valence-electron chi connectivity index (χ2n) is 13.2. The number of carbonyl (C=O) groups is 2. The number of cyclic esters (lactones) is 1. The second kappa shape index (κ2) is 12.8. The van der Waals surface area contributed by atoms with Gasteiger partial charge in [-0.05, 0) is 92.1 Å². The van der Waals surface area contributed by atoms with Crippen molar-refractivity contribution in [3.63, 3.8) is 0 Å². The topological polar surface area (TPSA) is 81.2 Å². The fourth-order valence-corrected chi connectivity index (χ4v) is 6.89. The average Bonchev–Trinajstić information content (AvgIpc) is 3.26. The lowest BCUT2D eigenvalue weighted by atomic mass is 9.71. The number of rotatable bonds is 9. The minimum absolute atomic E-state index is 0.0642. The predicted molar refractivity (Wildman–Crippen MR) is 171 cm³/mol. The van der Waals surface area contributed by atoms with Gasteiger partial charge in [-0.2, -0.15) is 13.2 Å². The number of esters is 1. The Kier molecular flexibility index (Phi) is 8.99. The van der Waals surface area contributed by atoms with E-state index in [1.807, 2.05) is 31.2 Å². The molecule has 0 N–H and O–H groups in total. The standard InChI is InChI=1S/C36H38F5N3O5/c1-19-11-30(43-9-6-10-43)42-28(31(19)27-16-21(7-8-29(27)47-4)22-12-24(13-22)33(45)48-5)18-44-20(2)32(49-34(44)46)23-14-25(35(3,37)38)17-26(15-23)36(39,40)41/h7-8,11,14-17,20,22,24,32H,6,9-10,12-13,18H2,1-5H3/t20-,22?,24?,32-/m0/s1. The van der Waals surface area contributed by atoms with Crippen LogP contribution in [0.25, 0.3) is 11.1 Å². The minimum Gasteiger partial charge on any atom is -0.496 e. The number of aromatic nitrogens is 1. The highest BCUT2D eigenvalue weighted by molar-refractivity contribution is 5.79. The van der Waals surface area contributed by atoms with E-state index in [0.29, 0.717) is 37.3 Å². The van der Waals surface area contributed by atoms with Crippen molar-refractivity contribution >= 4 is 17.9 Å². The Labute approximate surface area is 281 Å². The number of anilines is 1. The van der Waals surface area contributed by atoms with E-state index in [1.54, 1.807) is 14.0 Å². The molecule has 1 saturated carbocycles. The Balaban J connectivity index is 1.38. The van der Waals surface area contributed by atoms with E-state index in [-0.39, 0.29) is 29.9 Å². The number of ether oxygens (including phenoxy) is 3. The molecular formula is C36H38F5N3O5. The minimum atomic E-state index is -4.89. The van der Waals surface area contributed by atoms with Gasteiger partial charge in [0, 0.05) is 36.7 Å². The summed E-state index contributed by atoms with van der Waals surface area (Å²) in [7, 11) is 2.93. The van der Waals surface area contributed by atoms with Crippen LogP contribution in [0.3, 0.4) is 0 Å². The van der Waals surface area contributed by atoms with E-state index in [4.69, 9.17) is 19.2 Å². The first kappa shape index (κ1) is 34.4. The molecule has 8 nitrogen and oxygen atoms in total. The van der Waals surface area contributed by atoms with Crippen LogP contribution < -0.4 is 9.64 Å². The number of nitrogens with zero attached hydrogens (tertiary/aromatic N) is 3. The van der Waals surface area contributed by atoms with Crippen LogP contribution in [0.15, 0.2) is 42.5 Å². The molecule has 0 unspecified atom stereocenters. The van der Waals surface area contributed by atoms with Crippen LogP contribution >= 0.6 is 0 Å². The van der Waals surface area contributed by atoms with E-state index in [2.05, 4.69) is 4.90 Å². The zero-order chi connectivity index (χ0) is 35.4. The number of halogens is 5. The van der Waals surface area contributed by atoms with Crippen LogP contribution in [-0.2, 0) is 32.9 Å². The molecule has 1 aliphatic carbocycles. The van der Waals surface area contributed by atoms with Gasteiger partial charge in [0.1, 0.15) is 17.7 Å². The van der Waals surface area contributed by atoms with Crippen molar-refractivity contribution < 1.29 is 45.8 Å². The molecule has 2 aliphatic heterocycles. The molecule has 2 atom stereocenters. The van der Waals surface area contributed by atoms with E-state index in [9.17, 15) is 31.5 Å². The maximum Gasteiger partial charge on any atom is 0.416 e. The zero-order valence-corrected chi connectivity index (χ0v) is 27.9. The van der Waals surface area contributed by atoms with Crippen LogP contribution in [0.4, 0.5) is 32.6 Å². The summed E-state index contributed by atoms with van der Waals surface area (Å²) >= 11 is 0. The first-order chi connectivity index (χ1) is 23.1. The summed E-state index contributed by atoms with van der Waals surface area (Å²) in [6.07, 6.45) is -4.62. The van der Waals surface area contributed by atoms with Gasteiger partial charge in [0.15, 0.2) is 0 Å². The van der Waals surface area contributed by atoms with Gasteiger partial charge in [-0.25, -0.2) is 18.6 Å². The molecule has 6 rings (SSSR count). The lowest BCUT2D eigenvalue weighted by Crippen LogP contribution is -2.38. The normalized spacial score (nSPS) is 22.4. The third kappa shape index (κ3) is 6.63. The van der Waals surface area contributed by atoms with Crippen molar-refractivity contribution in [1.82, 2.24) is 9.88 Å². The van der Waals surface area contributed by atoms with Gasteiger partial charge in [-0.15, -0.1) is 0 Å². The van der Waals surface area contributed by atoms with E-state index < -0.39 is 41.5 Å². The molecule has 262 valence electrons. The van der Waals surface area contributed by atoms with Crippen molar-refractivity contribution in [3.8, 4) is 16.9 Å². The number of carbonyl (C=O) groups excluding carboxylic acids is 2. The summed E-state index contributed by atoms with van der Waals surface area (Å²) in [5.74, 6) is -2.52. The molecule has 0 radical (unpaired) electrons. The molecule has 2 saturated heterocycles. The molecule has 49 heavy (non-hydrogen) atoms. The van der Waals surface area contributed by atoms with Gasteiger partial charge in [0.05, 0.1) is 44.0 Å². The molecule has 3 aromatic rings. The summed E-state index contributed by atoms with van der Waals surface area (Å²) in [6.45, 7) is 5.64. The van der Waals surface area contributed by atoms with Crippen molar-refractivity contribution in [2.75, 3.05) is 32.2 Å². The highest BCUT2D eigenvalue weighted by Gasteiger charge is 2.43. The Morgan fingerprint density at radius 2 is 1.69 bits per heavy atom. The van der Waals surface area contributed by atoms with Gasteiger partial charge in [-0.3, -0.25) is 9.69 Å². The van der Waals surface area contributed by atoms with Crippen molar-refractivity contribution in [2.24, 2.45) is 5.92 Å². The van der Waals surface area contributed by atoms with Crippen molar-refractivity contribution in [1.29, 1.82) is 0 Å².